The van der Waals surface area contributed by atoms with Gasteiger partial charge < -0.3 is 21.7 Å². The fourth-order valence-corrected chi connectivity index (χ4v) is 3.74. The largest absolute Gasteiger partial charge is 0.356 e. The van der Waals surface area contributed by atoms with E-state index in [2.05, 4.69) is 16.0 Å². The zero-order valence-corrected chi connectivity index (χ0v) is 24.3. The van der Waals surface area contributed by atoms with E-state index in [1.165, 1.54) is 20.8 Å². The van der Waals surface area contributed by atoms with Crippen LogP contribution in [0.25, 0.3) is 0 Å². The summed E-state index contributed by atoms with van der Waals surface area (Å²) in [7, 11) is 0. The van der Waals surface area contributed by atoms with Gasteiger partial charge in [0.1, 0.15) is 0 Å². The van der Waals surface area contributed by atoms with Gasteiger partial charge in [0, 0.05) is 65.2 Å². The van der Waals surface area contributed by atoms with Crippen LogP contribution in [0.4, 0.5) is 0 Å². The van der Waals surface area contributed by atoms with Crippen molar-refractivity contribution >= 4 is 35.4 Å². The Balaban J connectivity index is 4.68. The smallest absolute Gasteiger partial charge is 0.242 e. The lowest BCUT2D eigenvalue weighted by molar-refractivity contribution is -0.163. The first kappa shape index (κ1) is 37.7. The van der Waals surface area contributed by atoms with Gasteiger partial charge in [0.15, 0.2) is 0 Å². The molecule has 0 aliphatic rings. The summed E-state index contributed by atoms with van der Waals surface area (Å²) in [5.41, 5.74) is 6.01. The third-order valence-corrected chi connectivity index (χ3v) is 6.26. The molecule has 41 heavy (non-hydrogen) atoms. The maximum atomic E-state index is 12.0. The van der Waals surface area contributed by atoms with Gasteiger partial charge in [-0.3, -0.25) is 44.4 Å². The van der Waals surface area contributed by atoms with Crippen molar-refractivity contribution in [3.63, 3.8) is 0 Å². The van der Waals surface area contributed by atoms with E-state index in [9.17, 15) is 44.4 Å². The van der Waals surface area contributed by atoms with E-state index in [0.717, 1.165) is 0 Å². The average Bonchev–Trinajstić information content (AvgIpc) is 2.91. The predicted molar refractivity (Wildman–Crippen MR) is 145 cm³/mol. The van der Waals surface area contributed by atoms with Crippen LogP contribution in [0.15, 0.2) is 0 Å². The lowest BCUT2D eigenvalue weighted by Gasteiger charge is -2.30. The Labute approximate surface area is 240 Å². The fraction of sp³-hybridized carbons (Fsp3) is 0.760. The van der Waals surface area contributed by atoms with Crippen LogP contribution in [0, 0.1) is 0 Å². The van der Waals surface area contributed by atoms with Crippen molar-refractivity contribution in [2.45, 2.75) is 84.1 Å². The van der Waals surface area contributed by atoms with Crippen molar-refractivity contribution in [3.05, 3.63) is 0 Å². The molecule has 0 bridgehead atoms. The Morgan fingerprint density at radius 3 is 1.02 bits per heavy atom. The molecule has 0 saturated heterocycles. The zero-order valence-electron chi connectivity index (χ0n) is 24.3. The monoisotopic (exact) mass is 589 g/mol. The lowest BCUT2D eigenvalue weighted by Crippen LogP contribution is -2.42. The summed E-state index contributed by atoms with van der Waals surface area (Å²) < 4.78 is 0. The lowest BCUT2D eigenvalue weighted by atomic mass is 9.84. The molecular weight excluding hydrogens is 542 g/mol. The number of amides is 6. The van der Waals surface area contributed by atoms with E-state index in [1.807, 2.05) is 0 Å². The van der Waals surface area contributed by atoms with Gasteiger partial charge in [-0.15, -0.1) is 0 Å². The molecule has 8 N–H and O–H groups in total. The molecule has 16 nitrogen and oxygen atoms in total. The van der Waals surface area contributed by atoms with Gasteiger partial charge in [-0.05, 0) is 38.5 Å². The highest BCUT2D eigenvalue weighted by atomic mass is 16.5. The minimum Gasteiger partial charge on any atom is -0.356 e. The Morgan fingerprint density at radius 1 is 0.561 bits per heavy atom. The normalized spacial score (nSPS) is 10.9. The van der Waals surface area contributed by atoms with Crippen molar-refractivity contribution in [3.8, 4) is 0 Å². The van der Waals surface area contributed by atoms with Crippen LogP contribution >= 0.6 is 0 Å². The summed E-state index contributed by atoms with van der Waals surface area (Å²) in [6, 6.07) is 0. The summed E-state index contributed by atoms with van der Waals surface area (Å²) in [4.78, 5) is 69.0. The van der Waals surface area contributed by atoms with Crippen LogP contribution in [0.1, 0.15) is 78.6 Å². The van der Waals surface area contributed by atoms with Gasteiger partial charge in [-0.25, -0.2) is 15.2 Å². The van der Waals surface area contributed by atoms with Crippen molar-refractivity contribution in [2.24, 2.45) is 5.73 Å². The van der Waals surface area contributed by atoms with Gasteiger partial charge >= 0.3 is 0 Å². The average molecular weight is 590 g/mol. The summed E-state index contributed by atoms with van der Waals surface area (Å²) in [6.07, 6.45) is 3.08. The van der Waals surface area contributed by atoms with E-state index >= 15 is 0 Å². The third kappa shape index (κ3) is 19.4. The van der Waals surface area contributed by atoms with E-state index in [0.29, 0.717) is 73.3 Å². The van der Waals surface area contributed by atoms with Crippen LogP contribution in [-0.4, -0.2) is 111 Å². The molecule has 236 valence electrons. The highest BCUT2D eigenvalue weighted by Gasteiger charge is 2.24. The van der Waals surface area contributed by atoms with E-state index in [-0.39, 0.29) is 56.6 Å². The first-order valence-corrected chi connectivity index (χ1v) is 13.7. The molecule has 0 spiro atoms. The molecule has 0 rings (SSSR count). The highest BCUT2D eigenvalue weighted by Crippen LogP contribution is 2.22. The van der Waals surface area contributed by atoms with Crippen LogP contribution < -0.4 is 21.7 Å². The summed E-state index contributed by atoms with van der Waals surface area (Å²) >= 11 is 0. The van der Waals surface area contributed by atoms with Gasteiger partial charge in [0.2, 0.25) is 35.4 Å². The number of rotatable bonds is 21. The van der Waals surface area contributed by atoms with Gasteiger partial charge in [-0.1, -0.05) is 0 Å². The second-order valence-electron chi connectivity index (χ2n) is 9.90. The first-order valence-electron chi connectivity index (χ1n) is 13.7. The Kier molecular flexibility index (Phi) is 18.9. The Hall–Kier alpha value is -3.34. The number of nitrogens with zero attached hydrogens (tertiary/aromatic N) is 3. The quantitative estimate of drug-likeness (QED) is 0.0503. The fourth-order valence-electron chi connectivity index (χ4n) is 3.74. The molecule has 16 heteroatoms. The van der Waals surface area contributed by atoms with Crippen LogP contribution in [-0.2, 0) is 28.8 Å². The maximum absolute atomic E-state index is 12.0. The zero-order chi connectivity index (χ0) is 31.4. The number of hydrogen-bond acceptors (Lipinski definition) is 10. The summed E-state index contributed by atoms with van der Waals surface area (Å²) in [5, 5.41) is 37.6. The standard InChI is InChI=1S/C25H47N7O9/c1-19(33)30(39)16-7-22(36)27-13-4-10-25(26,11-5-14-28-23(37)8-17-31(40)20(2)34)12-6-15-29-24(38)9-18-32(41)21(3)35/h39-41H,4-18,26H2,1-3H3,(H,27,36)(H,28,37)(H,29,38). The number of carbonyl (C=O) groups is 6. The minimum absolute atomic E-state index is 0.0514. The third-order valence-electron chi connectivity index (χ3n) is 6.26. The summed E-state index contributed by atoms with van der Waals surface area (Å²) in [6.45, 7) is 4.20. The Morgan fingerprint density at radius 2 is 0.805 bits per heavy atom. The minimum atomic E-state index is -0.663. The van der Waals surface area contributed by atoms with Gasteiger partial charge in [0.05, 0.1) is 19.6 Å². The molecular formula is C25H47N7O9. The van der Waals surface area contributed by atoms with E-state index in [4.69, 9.17) is 5.73 Å². The molecule has 0 aromatic rings. The second kappa shape index (κ2) is 20.5. The topological polar surface area (TPSA) is 235 Å². The van der Waals surface area contributed by atoms with Crippen LogP contribution in [0.2, 0.25) is 0 Å². The number of nitrogens with one attached hydrogen (secondary N) is 3. The molecule has 0 aliphatic carbocycles. The van der Waals surface area contributed by atoms with Crippen LogP contribution in [0.3, 0.4) is 0 Å². The number of carbonyl (C=O) groups excluding carboxylic acids is 6. The van der Waals surface area contributed by atoms with Crippen LogP contribution in [0.5, 0.6) is 0 Å². The maximum Gasteiger partial charge on any atom is 0.242 e. The Bertz CT molecular complexity index is 765. The summed E-state index contributed by atoms with van der Waals surface area (Å²) in [5.74, 6) is -2.65. The second-order valence-corrected chi connectivity index (χ2v) is 9.90. The highest BCUT2D eigenvalue weighted by molar-refractivity contribution is 5.78. The predicted octanol–water partition coefficient (Wildman–Crippen LogP) is -0.743. The van der Waals surface area contributed by atoms with Gasteiger partial charge in [0.25, 0.3) is 0 Å². The number of hydrogen-bond donors (Lipinski definition) is 7. The number of hydroxylamine groups is 6. The molecule has 0 unspecified atom stereocenters. The molecule has 0 aromatic heterocycles. The molecule has 0 saturated carbocycles. The molecule has 0 radical (unpaired) electrons. The van der Waals surface area contributed by atoms with Crippen molar-refractivity contribution < 1.29 is 44.4 Å². The SMILES string of the molecule is CC(=O)N(O)CCC(=O)NCCCC(N)(CCCNC(=O)CCN(O)C(C)=O)CCCNC(=O)CCN(O)C(C)=O. The first-order chi connectivity index (χ1) is 19.2. The van der Waals surface area contributed by atoms with Gasteiger partial charge in [-0.2, -0.15) is 0 Å². The molecule has 0 fully saturated rings. The van der Waals surface area contributed by atoms with Crippen molar-refractivity contribution in [1.82, 2.24) is 31.1 Å². The molecule has 0 heterocycles. The molecule has 0 aromatic carbocycles. The molecule has 0 atom stereocenters. The number of nitrogens with two attached hydrogens (primary N) is 1. The van der Waals surface area contributed by atoms with E-state index < -0.39 is 23.3 Å². The molecule has 6 amide bonds. The van der Waals surface area contributed by atoms with Crippen molar-refractivity contribution in [2.75, 3.05) is 39.3 Å². The van der Waals surface area contributed by atoms with Crippen molar-refractivity contribution in [1.29, 1.82) is 0 Å². The molecule has 0 aliphatic heterocycles. The van der Waals surface area contributed by atoms with E-state index in [1.54, 1.807) is 0 Å².